The maximum atomic E-state index is 8.74. The third kappa shape index (κ3) is 76.1. The topological polar surface area (TPSA) is 57.5 Å². The minimum absolute atomic E-state index is 0. The van der Waals surface area contributed by atoms with E-state index in [4.69, 9.17) is 14.1 Å². The van der Waals surface area contributed by atoms with Gasteiger partial charge in [-0.2, -0.15) is 0 Å². The molecule has 8 heteroatoms. The van der Waals surface area contributed by atoms with Crippen molar-refractivity contribution in [2.75, 3.05) is 0 Å². The Morgan fingerprint density at radius 2 is 1.25 bits per heavy atom. The molecule has 0 aliphatic carbocycles. The standard InChI is InChI=1S/Ag.Al.Na.H2O3Si.Zn.4H/c;;;1-4(2)3;;;;;/h;;;1-2H;;;;;. The summed E-state index contributed by atoms with van der Waals surface area (Å²) in [5, 5.41) is 0. The van der Waals surface area contributed by atoms with Crippen LogP contribution < -0.4 is 0 Å². The molecular weight excluding hydrogens is 299 g/mol. The summed E-state index contributed by atoms with van der Waals surface area (Å²) in [5.74, 6) is 0. The van der Waals surface area contributed by atoms with Crippen molar-refractivity contribution in [2.45, 2.75) is 0 Å². The van der Waals surface area contributed by atoms with Crippen LogP contribution in [-0.2, 0) is 46.3 Å². The van der Waals surface area contributed by atoms with Gasteiger partial charge in [-0.1, -0.05) is 0 Å². The molecule has 0 rings (SSSR count). The zero-order valence-corrected chi connectivity index (χ0v) is 8.26. The molecule has 0 aliphatic heterocycles. The summed E-state index contributed by atoms with van der Waals surface area (Å²) < 4.78 is 8.74. The third-order valence-corrected chi connectivity index (χ3v) is 0. The first-order chi connectivity index (χ1) is 1.73. The molecule has 0 unspecified atom stereocenters. The molecule has 0 spiro atoms. The molecule has 45 valence electrons. The zero-order chi connectivity index (χ0) is 3.58. The maximum Gasteiger partial charge on any atom is 0 e. The Morgan fingerprint density at radius 3 is 1.25 bits per heavy atom. The van der Waals surface area contributed by atoms with Crippen molar-refractivity contribution in [1.82, 2.24) is 0 Å². The van der Waals surface area contributed by atoms with Crippen molar-refractivity contribution in [3.05, 3.63) is 0 Å². The van der Waals surface area contributed by atoms with E-state index >= 15 is 0 Å². The van der Waals surface area contributed by atoms with E-state index in [9.17, 15) is 0 Å². The quantitative estimate of drug-likeness (QED) is 0.458. The van der Waals surface area contributed by atoms with E-state index in [1.54, 1.807) is 0 Å². The molecule has 0 amide bonds. The molecule has 0 saturated heterocycles. The van der Waals surface area contributed by atoms with E-state index in [1.165, 1.54) is 0 Å². The fourth-order valence-electron chi connectivity index (χ4n) is 0. The SMILES string of the molecule is O=[Si](O)O.[Ag].[AlH3].[NaH].[Zn]. The van der Waals surface area contributed by atoms with Crippen molar-refractivity contribution in [3.8, 4) is 0 Å². The average Bonchev–Trinajstić information content (AvgIpc) is 0.811. The van der Waals surface area contributed by atoms with Crippen molar-refractivity contribution in [3.63, 3.8) is 0 Å². The first-order valence-electron chi connectivity index (χ1n) is 0.651. The van der Waals surface area contributed by atoms with E-state index in [0.29, 0.717) is 0 Å². The minimum Gasteiger partial charge on any atom is 0 e. The van der Waals surface area contributed by atoms with Gasteiger partial charge >= 0.3 is 38.7 Å². The van der Waals surface area contributed by atoms with Crippen LogP contribution in [0.15, 0.2) is 0 Å². The minimum atomic E-state index is -3.13. The van der Waals surface area contributed by atoms with E-state index in [-0.39, 0.29) is 88.8 Å². The van der Waals surface area contributed by atoms with Crippen LogP contribution in [0.1, 0.15) is 0 Å². The summed E-state index contributed by atoms with van der Waals surface area (Å²) in [5.41, 5.74) is 0. The monoisotopic (exact) mass is 303 g/mol. The Hall–Kier alpha value is 2.51. The first-order valence-corrected chi connectivity index (χ1v) is 1.95. The van der Waals surface area contributed by atoms with Crippen LogP contribution in [-0.4, -0.2) is 65.7 Å². The Bertz CT molecular complexity index is 42.3. The van der Waals surface area contributed by atoms with Gasteiger partial charge in [0.1, 0.15) is 0 Å². The molecule has 0 heterocycles. The van der Waals surface area contributed by atoms with Crippen LogP contribution in [0, 0.1) is 0 Å². The van der Waals surface area contributed by atoms with Crippen molar-refractivity contribution >= 4 is 56.1 Å². The van der Waals surface area contributed by atoms with Crippen molar-refractivity contribution in [2.24, 2.45) is 0 Å². The summed E-state index contributed by atoms with van der Waals surface area (Å²) in [6.45, 7) is 0. The molecule has 0 aromatic heterocycles. The summed E-state index contributed by atoms with van der Waals surface area (Å²) in [6, 6.07) is 0. The molecule has 0 saturated carbocycles. The van der Waals surface area contributed by atoms with Crippen LogP contribution in [0.5, 0.6) is 0 Å². The van der Waals surface area contributed by atoms with Crippen LogP contribution in [0.25, 0.3) is 0 Å². The second-order valence-electron chi connectivity index (χ2n) is 0.283. The van der Waals surface area contributed by atoms with Crippen molar-refractivity contribution in [1.29, 1.82) is 0 Å². The molecule has 0 aromatic rings. The van der Waals surface area contributed by atoms with Gasteiger partial charge in [-0.15, -0.1) is 0 Å². The fraction of sp³-hybridized carbons (Fsp3) is 0. The summed E-state index contributed by atoms with van der Waals surface area (Å²) in [6.07, 6.45) is 0. The van der Waals surface area contributed by atoms with Gasteiger partial charge in [-0.25, -0.2) is 0 Å². The van der Waals surface area contributed by atoms with E-state index in [2.05, 4.69) is 0 Å². The van der Waals surface area contributed by atoms with Gasteiger partial charge in [-0.3, -0.25) is 4.46 Å². The molecule has 2 N–H and O–H groups in total. The predicted molar refractivity (Wildman–Crippen MR) is 28.0 cm³/mol. The van der Waals surface area contributed by atoms with Crippen LogP contribution >= 0.6 is 0 Å². The molecule has 3 nitrogen and oxygen atoms in total. The Kier molecular flexibility index (Phi) is 88.8. The van der Waals surface area contributed by atoms with Crippen LogP contribution in [0.2, 0.25) is 0 Å². The van der Waals surface area contributed by atoms with Crippen molar-refractivity contribution < 1.29 is 55.9 Å². The van der Waals surface area contributed by atoms with Gasteiger partial charge in [0.15, 0.2) is 17.4 Å². The Labute approximate surface area is 110 Å². The van der Waals surface area contributed by atoms with Gasteiger partial charge < -0.3 is 9.59 Å². The van der Waals surface area contributed by atoms with E-state index in [1.807, 2.05) is 0 Å². The molecule has 0 atom stereocenters. The number of hydrogen-bond acceptors (Lipinski definition) is 1. The van der Waals surface area contributed by atoms with E-state index < -0.39 is 9.17 Å². The summed E-state index contributed by atoms with van der Waals surface area (Å²) in [4.78, 5) is 14.3. The smallest absolute Gasteiger partial charge is 0 e. The molecule has 0 aliphatic rings. The van der Waals surface area contributed by atoms with Crippen LogP contribution in [0.3, 0.4) is 0 Å². The van der Waals surface area contributed by atoms with Gasteiger partial charge in [0.25, 0.3) is 0 Å². The van der Waals surface area contributed by atoms with Gasteiger partial charge in [0, 0.05) is 41.9 Å². The third-order valence-electron chi connectivity index (χ3n) is 0. The van der Waals surface area contributed by atoms with Gasteiger partial charge in [0.2, 0.25) is 0 Å². The average molecular weight is 305 g/mol. The van der Waals surface area contributed by atoms with Crippen LogP contribution in [0.4, 0.5) is 0 Å². The molecule has 0 bridgehead atoms. The second kappa shape index (κ2) is 22.7. The first kappa shape index (κ1) is 31.3. The summed E-state index contributed by atoms with van der Waals surface area (Å²) >= 11 is 0. The molecule has 0 aromatic carbocycles. The summed E-state index contributed by atoms with van der Waals surface area (Å²) in [7, 11) is -3.13. The molecule has 0 fully saturated rings. The van der Waals surface area contributed by atoms with Gasteiger partial charge in [-0.05, 0) is 0 Å². The second-order valence-corrected chi connectivity index (χ2v) is 0.848. The largest absolute Gasteiger partial charge is 0 e. The van der Waals surface area contributed by atoms with E-state index in [0.717, 1.165) is 0 Å². The molecule has 8 heavy (non-hydrogen) atoms. The zero-order valence-electron chi connectivity index (χ0n) is 2.81. The normalized spacial score (nSPS) is 3.00. The Morgan fingerprint density at radius 1 is 1.25 bits per heavy atom. The molecular formula is H6AgAlNaO3SiZn. The predicted octanol–water partition coefficient (Wildman–Crippen LogP) is -3.45. The fourth-order valence-corrected chi connectivity index (χ4v) is 0. The number of hydrogen-bond donors (Lipinski definition) is 2. The maximum absolute atomic E-state index is 8.74. The Balaban J connectivity index is -0.00000000750. The number of rotatable bonds is 0. The van der Waals surface area contributed by atoms with Gasteiger partial charge in [0.05, 0.1) is 0 Å². The molecule has 1 radical (unpaired) electrons.